The van der Waals surface area contributed by atoms with Crippen LogP contribution in [0.25, 0.3) is 0 Å². The van der Waals surface area contributed by atoms with Gasteiger partial charge in [0, 0.05) is 13.0 Å². The molecule has 0 heterocycles. The standard InChI is InChI=1S/C17H27NO4S/c1-12-11-13(2)15(4)17(14(12)3)23(20,21)18-10-8-6-7-9-16(19)22-5/h11,18H,6-10H2,1-5H3. The molecule has 0 aliphatic heterocycles. The molecule has 6 heteroatoms. The number of esters is 1. The van der Waals surface area contributed by atoms with E-state index in [2.05, 4.69) is 9.46 Å². The number of benzene rings is 1. The highest BCUT2D eigenvalue weighted by Crippen LogP contribution is 2.25. The van der Waals surface area contributed by atoms with Crippen molar-refractivity contribution in [2.24, 2.45) is 0 Å². The van der Waals surface area contributed by atoms with Gasteiger partial charge in [0.25, 0.3) is 0 Å². The van der Waals surface area contributed by atoms with Crippen molar-refractivity contribution in [1.82, 2.24) is 4.72 Å². The normalized spacial score (nSPS) is 11.5. The molecule has 0 aromatic heterocycles. The minimum Gasteiger partial charge on any atom is -0.469 e. The molecule has 0 spiro atoms. The predicted molar refractivity (Wildman–Crippen MR) is 91.1 cm³/mol. The summed E-state index contributed by atoms with van der Waals surface area (Å²) in [5, 5.41) is 0. The molecule has 1 aromatic carbocycles. The van der Waals surface area contributed by atoms with Crippen molar-refractivity contribution in [1.29, 1.82) is 0 Å². The Labute approximate surface area is 139 Å². The molecule has 0 unspecified atom stereocenters. The highest BCUT2D eigenvalue weighted by atomic mass is 32.2. The van der Waals surface area contributed by atoms with E-state index in [0.717, 1.165) is 28.7 Å². The van der Waals surface area contributed by atoms with Gasteiger partial charge in [0.2, 0.25) is 10.0 Å². The lowest BCUT2D eigenvalue weighted by atomic mass is 10.0. The van der Waals surface area contributed by atoms with Crippen LogP contribution in [0.4, 0.5) is 0 Å². The van der Waals surface area contributed by atoms with E-state index in [0.29, 0.717) is 30.7 Å². The van der Waals surface area contributed by atoms with Gasteiger partial charge in [-0.25, -0.2) is 13.1 Å². The van der Waals surface area contributed by atoms with E-state index in [9.17, 15) is 13.2 Å². The van der Waals surface area contributed by atoms with Gasteiger partial charge in [0.05, 0.1) is 12.0 Å². The minimum atomic E-state index is -3.52. The highest BCUT2D eigenvalue weighted by molar-refractivity contribution is 7.89. The summed E-state index contributed by atoms with van der Waals surface area (Å²) in [4.78, 5) is 11.4. The highest BCUT2D eigenvalue weighted by Gasteiger charge is 2.21. The lowest BCUT2D eigenvalue weighted by Crippen LogP contribution is -2.26. The van der Waals surface area contributed by atoms with Gasteiger partial charge in [-0.15, -0.1) is 0 Å². The molecule has 130 valence electrons. The Morgan fingerprint density at radius 1 is 1.04 bits per heavy atom. The SMILES string of the molecule is COC(=O)CCCCCNS(=O)(=O)c1c(C)c(C)cc(C)c1C. The van der Waals surface area contributed by atoms with E-state index in [-0.39, 0.29) is 5.97 Å². The molecule has 0 amide bonds. The number of rotatable bonds is 8. The Balaban J connectivity index is 2.66. The molecular weight excluding hydrogens is 314 g/mol. The smallest absolute Gasteiger partial charge is 0.305 e. The maximum Gasteiger partial charge on any atom is 0.305 e. The van der Waals surface area contributed by atoms with E-state index in [1.165, 1.54) is 7.11 Å². The molecular formula is C17H27NO4S. The minimum absolute atomic E-state index is 0.230. The Kier molecular flexibility index (Phi) is 7.22. The summed E-state index contributed by atoms with van der Waals surface area (Å²) >= 11 is 0. The van der Waals surface area contributed by atoms with E-state index in [1.54, 1.807) is 0 Å². The van der Waals surface area contributed by atoms with E-state index >= 15 is 0 Å². The van der Waals surface area contributed by atoms with Gasteiger partial charge in [-0.1, -0.05) is 12.5 Å². The second-order valence-corrected chi connectivity index (χ2v) is 7.58. The van der Waals surface area contributed by atoms with E-state index < -0.39 is 10.0 Å². The van der Waals surface area contributed by atoms with Crippen molar-refractivity contribution >= 4 is 16.0 Å². The first-order valence-corrected chi connectivity index (χ1v) is 9.33. The Bertz CT molecular complexity index is 639. The Morgan fingerprint density at radius 3 is 2.13 bits per heavy atom. The fraction of sp³-hybridized carbons (Fsp3) is 0.588. The van der Waals surface area contributed by atoms with Gasteiger partial charge < -0.3 is 4.74 Å². The number of hydrogen-bond acceptors (Lipinski definition) is 4. The fourth-order valence-corrected chi connectivity index (χ4v) is 4.22. The third-order valence-electron chi connectivity index (χ3n) is 4.14. The number of aryl methyl sites for hydroxylation is 2. The topological polar surface area (TPSA) is 72.5 Å². The van der Waals surface area contributed by atoms with Gasteiger partial charge in [-0.2, -0.15) is 0 Å². The summed E-state index contributed by atoms with van der Waals surface area (Å²) in [6.45, 7) is 7.90. The summed E-state index contributed by atoms with van der Waals surface area (Å²) in [7, 11) is -2.15. The van der Waals surface area contributed by atoms with Crippen LogP contribution in [-0.4, -0.2) is 28.0 Å². The zero-order chi connectivity index (χ0) is 17.6. The van der Waals surface area contributed by atoms with Crippen LogP contribution in [0, 0.1) is 27.7 Å². The molecule has 5 nitrogen and oxygen atoms in total. The number of carbonyl (C=O) groups is 1. The largest absolute Gasteiger partial charge is 0.469 e. The molecule has 0 aliphatic rings. The second-order valence-electron chi connectivity index (χ2n) is 5.87. The van der Waals surface area contributed by atoms with Crippen LogP contribution in [0.1, 0.15) is 47.9 Å². The zero-order valence-electron chi connectivity index (χ0n) is 14.7. The first-order chi connectivity index (χ1) is 10.7. The third kappa shape index (κ3) is 5.32. The van der Waals surface area contributed by atoms with Crippen LogP contribution in [-0.2, 0) is 19.6 Å². The van der Waals surface area contributed by atoms with E-state index in [1.807, 2.05) is 33.8 Å². The van der Waals surface area contributed by atoms with Gasteiger partial charge in [0.15, 0.2) is 0 Å². The number of methoxy groups -OCH3 is 1. The molecule has 0 fully saturated rings. The van der Waals surface area contributed by atoms with Crippen molar-refractivity contribution < 1.29 is 17.9 Å². The number of unbranched alkanes of at least 4 members (excludes halogenated alkanes) is 2. The summed E-state index contributed by atoms with van der Waals surface area (Å²) in [6.07, 6.45) is 2.55. The van der Waals surface area contributed by atoms with Crippen LogP contribution in [0.2, 0.25) is 0 Å². The first-order valence-electron chi connectivity index (χ1n) is 7.84. The van der Waals surface area contributed by atoms with Crippen LogP contribution < -0.4 is 4.72 Å². The maximum atomic E-state index is 12.6. The zero-order valence-corrected chi connectivity index (χ0v) is 15.5. The lowest BCUT2D eigenvalue weighted by Gasteiger charge is -2.16. The Morgan fingerprint density at radius 2 is 1.61 bits per heavy atom. The lowest BCUT2D eigenvalue weighted by molar-refractivity contribution is -0.140. The molecule has 0 radical (unpaired) electrons. The molecule has 0 atom stereocenters. The summed E-state index contributed by atoms with van der Waals surface area (Å²) < 4.78 is 32.4. The van der Waals surface area contributed by atoms with Crippen LogP contribution >= 0.6 is 0 Å². The number of carbonyl (C=O) groups excluding carboxylic acids is 1. The predicted octanol–water partition coefficient (Wildman–Crippen LogP) is 2.93. The summed E-state index contributed by atoms with van der Waals surface area (Å²) in [5.74, 6) is -0.230. The summed E-state index contributed by atoms with van der Waals surface area (Å²) in [6, 6.07) is 2.01. The number of ether oxygens (including phenoxy) is 1. The molecule has 0 aliphatic carbocycles. The van der Waals surface area contributed by atoms with Crippen molar-refractivity contribution in [2.45, 2.75) is 58.3 Å². The van der Waals surface area contributed by atoms with Crippen LogP contribution in [0.3, 0.4) is 0 Å². The molecule has 23 heavy (non-hydrogen) atoms. The monoisotopic (exact) mass is 341 g/mol. The van der Waals surface area contributed by atoms with Gasteiger partial charge in [-0.05, 0) is 62.8 Å². The van der Waals surface area contributed by atoms with Gasteiger partial charge >= 0.3 is 5.97 Å². The van der Waals surface area contributed by atoms with Crippen molar-refractivity contribution in [3.63, 3.8) is 0 Å². The van der Waals surface area contributed by atoms with Gasteiger partial charge in [0.1, 0.15) is 0 Å². The third-order valence-corrected chi connectivity index (χ3v) is 5.88. The molecule has 0 saturated carbocycles. The van der Waals surface area contributed by atoms with E-state index in [4.69, 9.17) is 0 Å². The quantitative estimate of drug-likeness (QED) is 0.583. The van der Waals surface area contributed by atoms with Crippen LogP contribution in [0.15, 0.2) is 11.0 Å². The number of hydrogen-bond donors (Lipinski definition) is 1. The molecule has 1 rings (SSSR count). The van der Waals surface area contributed by atoms with Crippen molar-refractivity contribution in [3.05, 3.63) is 28.3 Å². The average molecular weight is 341 g/mol. The Hall–Kier alpha value is -1.40. The fourth-order valence-electron chi connectivity index (χ4n) is 2.54. The second kappa shape index (κ2) is 8.45. The average Bonchev–Trinajstić information content (AvgIpc) is 2.48. The maximum absolute atomic E-state index is 12.6. The van der Waals surface area contributed by atoms with Crippen molar-refractivity contribution in [2.75, 3.05) is 13.7 Å². The summed E-state index contributed by atoms with van der Waals surface area (Å²) in [5.41, 5.74) is 3.55. The van der Waals surface area contributed by atoms with Crippen molar-refractivity contribution in [3.8, 4) is 0 Å². The molecule has 1 N–H and O–H groups in total. The number of nitrogens with one attached hydrogen (secondary N) is 1. The molecule has 0 saturated heterocycles. The molecule has 1 aromatic rings. The van der Waals surface area contributed by atoms with Crippen LogP contribution in [0.5, 0.6) is 0 Å². The first kappa shape index (κ1) is 19.6. The molecule has 0 bridgehead atoms. The number of sulfonamides is 1. The van der Waals surface area contributed by atoms with Gasteiger partial charge in [-0.3, -0.25) is 4.79 Å².